The Kier molecular flexibility index (Phi) is 7.91. The maximum atomic E-state index is 13.4. The normalized spacial score (nSPS) is 13.1. The van der Waals surface area contributed by atoms with Gasteiger partial charge in [0.25, 0.3) is 5.91 Å². The first-order valence-electron chi connectivity index (χ1n) is 12.9. The predicted octanol–water partition coefficient (Wildman–Crippen LogP) is 4.36. The molecule has 1 aliphatic heterocycles. The Morgan fingerprint density at radius 2 is 1.32 bits per heavy atom. The van der Waals surface area contributed by atoms with Crippen LogP contribution in [0.15, 0.2) is 78.9 Å². The van der Waals surface area contributed by atoms with E-state index in [1.54, 1.807) is 62.6 Å². The van der Waals surface area contributed by atoms with Crippen molar-refractivity contribution in [1.82, 2.24) is 15.1 Å². The lowest BCUT2D eigenvalue weighted by molar-refractivity contribution is 0.0742. The van der Waals surface area contributed by atoms with Crippen molar-refractivity contribution in [1.29, 1.82) is 0 Å². The number of benzene rings is 3. The van der Waals surface area contributed by atoms with Crippen molar-refractivity contribution in [2.45, 2.75) is 0 Å². The van der Waals surface area contributed by atoms with Gasteiger partial charge in [-0.25, -0.2) is 0 Å². The Morgan fingerprint density at radius 3 is 1.90 bits per heavy atom. The summed E-state index contributed by atoms with van der Waals surface area (Å²) < 4.78 is 16.3. The molecule has 0 saturated carbocycles. The van der Waals surface area contributed by atoms with E-state index in [0.717, 1.165) is 11.4 Å². The van der Waals surface area contributed by atoms with Crippen LogP contribution in [0.4, 0.5) is 5.82 Å². The van der Waals surface area contributed by atoms with Gasteiger partial charge >= 0.3 is 0 Å². The number of carbonyl (C=O) groups excluding carboxylic acids is 2. The second-order valence-corrected chi connectivity index (χ2v) is 9.21. The fourth-order valence-corrected chi connectivity index (χ4v) is 4.80. The molecule has 3 aromatic carbocycles. The lowest BCUT2D eigenvalue weighted by Gasteiger charge is -2.35. The Bertz CT molecular complexity index is 1480. The molecule has 0 spiro atoms. The zero-order valence-electron chi connectivity index (χ0n) is 22.7. The van der Waals surface area contributed by atoms with E-state index in [-0.39, 0.29) is 11.7 Å². The molecular weight excluding hydrogens is 508 g/mol. The first kappa shape index (κ1) is 26.7. The van der Waals surface area contributed by atoms with Gasteiger partial charge in [0.1, 0.15) is 0 Å². The van der Waals surface area contributed by atoms with Gasteiger partial charge in [0.15, 0.2) is 23.1 Å². The zero-order chi connectivity index (χ0) is 28.1. The van der Waals surface area contributed by atoms with Crippen LogP contribution in [0.2, 0.25) is 0 Å². The standard InChI is InChI=1S/C31H30N4O5/c1-38-26-19-22(20-27(39-2)30(26)40-3)25-13-14-28(33-32-25)34-15-17-35(18-16-34)31(37)24-12-8-7-11-23(24)29(36)21-9-5-4-6-10-21/h4-14,19-20H,15-18H2,1-3H3. The van der Waals surface area contributed by atoms with Gasteiger partial charge in [-0.2, -0.15) is 0 Å². The van der Waals surface area contributed by atoms with Crippen LogP contribution in [0.5, 0.6) is 17.2 Å². The molecule has 0 aliphatic carbocycles. The molecule has 0 N–H and O–H groups in total. The van der Waals surface area contributed by atoms with E-state index in [2.05, 4.69) is 15.1 Å². The molecule has 1 aliphatic rings. The average molecular weight is 539 g/mol. The summed E-state index contributed by atoms with van der Waals surface area (Å²) >= 11 is 0. The second kappa shape index (κ2) is 11.9. The van der Waals surface area contributed by atoms with Crippen LogP contribution in [0.25, 0.3) is 11.3 Å². The quantitative estimate of drug-likeness (QED) is 0.306. The number of rotatable bonds is 8. The highest BCUT2D eigenvalue weighted by atomic mass is 16.5. The minimum absolute atomic E-state index is 0.150. The Balaban J connectivity index is 1.27. The number of ether oxygens (including phenoxy) is 3. The highest BCUT2D eigenvalue weighted by Gasteiger charge is 2.26. The van der Waals surface area contributed by atoms with Gasteiger partial charge in [-0.15, -0.1) is 10.2 Å². The lowest BCUT2D eigenvalue weighted by Crippen LogP contribution is -2.49. The van der Waals surface area contributed by atoms with Gasteiger partial charge in [0.05, 0.1) is 32.6 Å². The van der Waals surface area contributed by atoms with E-state index >= 15 is 0 Å². The average Bonchev–Trinajstić information content (AvgIpc) is 3.03. The molecule has 0 radical (unpaired) electrons. The summed E-state index contributed by atoms with van der Waals surface area (Å²) in [6.07, 6.45) is 0. The highest BCUT2D eigenvalue weighted by molar-refractivity contribution is 6.15. The summed E-state index contributed by atoms with van der Waals surface area (Å²) in [6.45, 7) is 2.20. The summed E-state index contributed by atoms with van der Waals surface area (Å²) in [6, 6.07) is 23.5. The summed E-state index contributed by atoms with van der Waals surface area (Å²) in [4.78, 5) is 30.4. The van der Waals surface area contributed by atoms with Crippen molar-refractivity contribution in [3.05, 3.63) is 95.6 Å². The molecule has 1 saturated heterocycles. The first-order valence-corrected chi connectivity index (χ1v) is 12.9. The van der Waals surface area contributed by atoms with Crippen LogP contribution < -0.4 is 19.1 Å². The predicted molar refractivity (Wildman–Crippen MR) is 152 cm³/mol. The number of hydrogen-bond donors (Lipinski definition) is 0. The van der Waals surface area contributed by atoms with E-state index in [4.69, 9.17) is 14.2 Å². The maximum absolute atomic E-state index is 13.4. The number of carbonyl (C=O) groups is 2. The molecule has 0 bridgehead atoms. The van der Waals surface area contributed by atoms with Gasteiger partial charge < -0.3 is 24.0 Å². The third-order valence-corrected chi connectivity index (χ3v) is 6.94. The third kappa shape index (κ3) is 5.31. The largest absolute Gasteiger partial charge is 0.493 e. The van der Waals surface area contributed by atoms with E-state index in [1.165, 1.54) is 0 Å². The molecule has 1 amide bonds. The number of anilines is 1. The number of ketones is 1. The Labute approximate surface area is 232 Å². The summed E-state index contributed by atoms with van der Waals surface area (Å²) in [5, 5.41) is 8.88. The lowest BCUT2D eigenvalue weighted by atomic mass is 9.97. The molecule has 0 unspecified atom stereocenters. The Hall–Kier alpha value is -4.92. The molecule has 40 heavy (non-hydrogen) atoms. The summed E-state index contributed by atoms with van der Waals surface area (Å²) in [7, 11) is 4.70. The summed E-state index contributed by atoms with van der Waals surface area (Å²) in [5.74, 6) is 2.00. The van der Waals surface area contributed by atoms with Gasteiger partial charge in [-0.1, -0.05) is 48.5 Å². The number of nitrogens with zero attached hydrogens (tertiary/aromatic N) is 4. The van der Waals surface area contributed by atoms with Gasteiger partial charge in [0.2, 0.25) is 5.75 Å². The Morgan fingerprint density at radius 1 is 0.700 bits per heavy atom. The van der Waals surface area contributed by atoms with Crippen molar-refractivity contribution >= 4 is 17.5 Å². The van der Waals surface area contributed by atoms with Crippen molar-refractivity contribution in [2.24, 2.45) is 0 Å². The van der Waals surface area contributed by atoms with Crippen molar-refractivity contribution < 1.29 is 23.8 Å². The van der Waals surface area contributed by atoms with Crippen LogP contribution in [-0.2, 0) is 0 Å². The SMILES string of the molecule is COc1cc(-c2ccc(N3CCN(C(=O)c4ccccc4C(=O)c4ccccc4)CC3)nn2)cc(OC)c1OC. The van der Waals surface area contributed by atoms with Crippen molar-refractivity contribution in [3.8, 4) is 28.5 Å². The fourth-order valence-electron chi connectivity index (χ4n) is 4.80. The minimum Gasteiger partial charge on any atom is -0.493 e. The van der Waals surface area contributed by atoms with Crippen LogP contribution in [-0.4, -0.2) is 74.3 Å². The van der Waals surface area contributed by atoms with Gasteiger partial charge in [-0.05, 0) is 30.3 Å². The van der Waals surface area contributed by atoms with Gasteiger partial charge in [-0.3, -0.25) is 9.59 Å². The molecule has 9 heteroatoms. The van der Waals surface area contributed by atoms with Gasteiger partial charge in [0, 0.05) is 42.9 Å². The molecule has 1 aromatic heterocycles. The first-order chi connectivity index (χ1) is 19.5. The van der Waals surface area contributed by atoms with Crippen molar-refractivity contribution in [2.75, 3.05) is 52.4 Å². The molecule has 5 rings (SSSR count). The van der Waals surface area contributed by atoms with E-state index in [1.807, 2.05) is 42.5 Å². The molecular formula is C31H30N4O5. The van der Waals surface area contributed by atoms with Crippen molar-refractivity contribution in [3.63, 3.8) is 0 Å². The second-order valence-electron chi connectivity index (χ2n) is 9.21. The number of hydrogen-bond acceptors (Lipinski definition) is 8. The van der Waals surface area contributed by atoms with E-state index in [0.29, 0.717) is 65.8 Å². The van der Waals surface area contributed by atoms with Crippen LogP contribution in [0.3, 0.4) is 0 Å². The van der Waals surface area contributed by atoms with E-state index < -0.39 is 0 Å². The number of amides is 1. The van der Waals surface area contributed by atoms with Crippen LogP contribution in [0.1, 0.15) is 26.3 Å². The fraction of sp³-hybridized carbons (Fsp3) is 0.226. The molecule has 2 heterocycles. The molecule has 4 aromatic rings. The van der Waals surface area contributed by atoms with E-state index in [9.17, 15) is 9.59 Å². The maximum Gasteiger partial charge on any atom is 0.254 e. The minimum atomic E-state index is -0.161. The molecule has 9 nitrogen and oxygen atoms in total. The number of aromatic nitrogens is 2. The molecule has 204 valence electrons. The monoisotopic (exact) mass is 538 g/mol. The third-order valence-electron chi connectivity index (χ3n) is 6.94. The smallest absolute Gasteiger partial charge is 0.254 e. The van der Waals surface area contributed by atoms with Crippen LogP contribution >= 0.6 is 0 Å². The zero-order valence-corrected chi connectivity index (χ0v) is 22.7. The molecule has 1 fully saturated rings. The topological polar surface area (TPSA) is 94.1 Å². The van der Waals surface area contributed by atoms with Crippen LogP contribution in [0, 0.1) is 0 Å². The molecule has 0 atom stereocenters. The number of methoxy groups -OCH3 is 3. The number of piperazine rings is 1. The highest BCUT2D eigenvalue weighted by Crippen LogP contribution is 2.40. The summed E-state index contributed by atoms with van der Waals surface area (Å²) in [5.41, 5.74) is 2.83.